The van der Waals surface area contributed by atoms with Crippen molar-refractivity contribution in [3.63, 3.8) is 0 Å². The van der Waals surface area contributed by atoms with E-state index in [1.54, 1.807) is 0 Å². The number of piperidine rings is 1. The van der Waals surface area contributed by atoms with Crippen LogP contribution in [0.5, 0.6) is 0 Å². The lowest BCUT2D eigenvalue weighted by Crippen LogP contribution is -2.51. The lowest BCUT2D eigenvalue weighted by Gasteiger charge is -2.39. The number of benzene rings is 2. The number of rotatable bonds is 3. The normalized spacial score (nSPS) is 17.8. The number of hydrogen-bond donors (Lipinski definition) is 0. The molecule has 0 aliphatic carbocycles. The van der Waals surface area contributed by atoms with E-state index in [0.717, 1.165) is 74.5 Å². The van der Waals surface area contributed by atoms with Crippen molar-refractivity contribution in [1.29, 1.82) is 0 Å². The SMILES string of the molecule is O=C(C1CCN(c2nc3ccccc3n3cccc23)CC1)N1CCN(c2ccccc2)CC1. The fourth-order valence-corrected chi connectivity index (χ4v) is 5.36. The lowest BCUT2D eigenvalue weighted by molar-refractivity contribution is -0.136. The molecule has 6 rings (SSSR count). The van der Waals surface area contributed by atoms with E-state index in [1.165, 1.54) is 5.69 Å². The number of piperazine rings is 1. The van der Waals surface area contributed by atoms with Crippen LogP contribution in [-0.4, -0.2) is 59.5 Å². The Balaban J connectivity index is 1.12. The van der Waals surface area contributed by atoms with Gasteiger partial charge in [0.2, 0.25) is 5.91 Å². The zero-order chi connectivity index (χ0) is 22.2. The lowest BCUT2D eigenvalue weighted by atomic mass is 9.95. The van der Waals surface area contributed by atoms with Gasteiger partial charge in [-0.3, -0.25) is 4.79 Å². The summed E-state index contributed by atoms with van der Waals surface area (Å²) in [6, 6.07) is 23.0. The van der Waals surface area contributed by atoms with E-state index < -0.39 is 0 Å². The van der Waals surface area contributed by atoms with Gasteiger partial charge in [0.25, 0.3) is 0 Å². The number of fused-ring (bicyclic) bond motifs is 3. The fraction of sp³-hybridized carbons (Fsp3) is 0.333. The van der Waals surface area contributed by atoms with Crippen LogP contribution in [0.1, 0.15) is 12.8 Å². The molecule has 0 radical (unpaired) electrons. The fourth-order valence-electron chi connectivity index (χ4n) is 5.36. The van der Waals surface area contributed by atoms with Crippen molar-refractivity contribution in [1.82, 2.24) is 14.3 Å². The summed E-state index contributed by atoms with van der Waals surface area (Å²) in [4.78, 5) is 25.1. The molecule has 1 amide bonds. The molecule has 6 nitrogen and oxygen atoms in total. The predicted octanol–water partition coefficient (Wildman–Crippen LogP) is 4.05. The monoisotopic (exact) mass is 439 g/mol. The van der Waals surface area contributed by atoms with E-state index in [1.807, 2.05) is 12.1 Å². The second-order valence-electron chi connectivity index (χ2n) is 9.10. The molecule has 4 heterocycles. The van der Waals surface area contributed by atoms with Crippen molar-refractivity contribution in [2.75, 3.05) is 49.1 Å². The Kier molecular flexibility index (Phi) is 5.13. The molecule has 0 spiro atoms. The van der Waals surface area contributed by atoms with Crippen LogP contribution in [0.4, 0.5) is 11.5 Å². The van der Waals surface area contributed by atoms with Crippen LogP contribution in [0, 0.1) is 5.92 Å². The third kappa shape index (κ3) is 3.69. The molecule has 0 N–H and O–H groups in total. The number of amides is 1. The standard InChI is InChI=1S/C27H29N5O/c33-27(31-19-17-29(18-20-31)22-7-2-1-3-8-22)21-12-15-30(16-13-21)26-25-11-6-14-32(25)24-10-5-4-9-23(24)28-26/h1-11,14,21H,12-13,15-20H2. The van der Waals surface area contributed by atoms with E-state index in [4.69, 9.17) is 4.98 Å². The van der Waals surface area contributed by atoms with E-state index in [9.17, 15) is 4.79 Å². The summed E-state index contributed by atoms with van der Waals surface area (Å²) < 4.78 is 2.22. The van der Waals surface area contributed by atoms with E-state index in [0.29, 0.717) is 5.91 Å². The molecular formula is C27H29N5O. The van der Waals surface area contributed by atoms with Crippen molar-refractivity contribution >= 4 is 34.0 Å². The molecule has 6 heteroatoms. The zero-order valence-electron chi connectivity index (χ0n) is 18.8. The number of nitrogens with zero attached hydrogens (tertiary/aromatic N) is 5. The molecule has 0 bridgehead atoms. The molecule has 2 aromatic heterocycles. The molecule has 2 aliphatic rings. The van der Waals surface area contributed by atoms with Gasteiger partial charge in [-0.05, 0) is 49.2 Å². The summed E-state index contributed by atoms with van der Waals surface area (Å²) in [5, 5.41) is 0. The van der Waals surface area contributed by atoms with Crippen molar-refractivity contribution < 1.29 is 4.79 Å². The van der Waals surface area contributed by atoms with Gasteiger partial charge in [-0.15, -0.1) is 0 Å². The molecule has 168 valence electrons. The number of carbonyl (C=O) groups is 1. The van der Waals surface area contributed by atoms with Gasteiger partial charge in [0, 0.05) is 57.1 Å². The Hall–Kier alpha value is -3.54. The minimum Gasteiger partial charge on any atom is -0.368 e. The van der Waals surface area contributed by atoms with Crippen molar-refractivity contribution in [2.45, 2.75) is 12.8 Å². The first-order valence-corrected chi connectivity index (χ1v) is 12.0. The van der Waals surface area contributed by atoms with Gasteiger partial charge < -0.3 is 19.1 Å². The van der Waals surface area contributed by atoms with Crippen LogP contribution in [-0.2, 0) is 4.79 Å². The highest BCUT2D eigenvalue weighted by Crippen LogP contribution is 2.30. The van der Waals surface area contributed by atoms with Gasteiger partial charge in [0.05, 0.1) is 16.6 Å². The van der Waals surface area contributed by atoms with Crippen LogP contribution < -0.4 is 9.80 Å². The molecule has 4 aromatic rings. The molecule has 0 saturated carbocycles. The molecule has 0 atom stereocenters. The van der Waals surface area contributed by atoms with Gasteiger partial charge >= 0.3 is 0 Å². The Morgan fingerprint density at radius 3 is 2.21 bits per heavy atom. The maximum absolute atomic E-state index is 13.3. The average molecular weight is 440 g/mol. The van der Waals surface area contributed by atoms with Crippen molar-refractivity contribution in [2.24, 2.45) is 5.92 Å². The van der Waals surface area contributed by atoms with Crippen LogP contribution >= 0.6 is 0 Å². The Morgan fingerprint density at radius 2 is 1.42 bits per heavy atom. The molecule has 33 heavy (non-hydrogen) atoms. The van der Waals surface area contributed by atoms with Crippen LogP contribution in [0.25, 0.3) is 16.6 Å². The summed E-state index contributed by atoms with van der Waals surface area (Å²) >= 11 is 0. The first kappa shape index (κ1) is 20.1. The number of para-hydroxylation sites is 3. The molecular weight excluding hydrogens is 410 g/mol. The first-order valence-electron chi connectivity index (χ1n) is 12.0. The maximum atomic E-state index is 13.3. The molecule has 2 fully saturated rings. The second kappa shape index (κ2) is 8.43. The summed E-state index contributed by atoms with van der Waals surface area (Å²) in [6.45, 7) is 5.17. The summed E-state index contributed by atoms with van der Waals surface area (Å²) in [7, 11) is 0. The summed E-state index contributed by atoms with van der Waals surface area (Å²) in [6.07, 6.45) is 3.88. The van der Waals surface area contributed by atoms with Gasteiger partial charge in [0.1, 0.15) is 0 Å². The molecule has 2 aromatic carbocycles. The largest absolute Gasteiger partial charge is 0.368 e. The quantitative estimate of drug-likeness (QED) is 0.483. The smallest absolute Gasteiger partial charge is 0.225 e. The third-order valence-corrected chi connectivity index (χ3v) is 7.20. The first-order chi connectivity index (χ1) is 16.3. The average Bonchev–Trinajstić information content (AvgIpc) is 3.39. The number of carbonyl (C=O) groups excluding carboxylic acids is 1. The molecule has 2 saturated heterocycles. The van der Waals surface area contributed by atoms with Gasteiger partial charge in [-0.1, -0.05) is 30.3 Å². The zero-order valence-corrected chi connectivity index (χ0v) is 18.8. The van der Waals surface area contributed by atoms with Gasteiger partial charge in [-0.2, -0.15) is 0 Å². The Labute approximate surface area is 194 Å². The summed E-state index contributed by atoms with van der Waals surface area (Å²) in [5.74, 6) is 1.48. The predicted molar refractivity (Wildman–Crippen MR) is 133 cm³/mol. The highest BCUT2D eigenvalue weighted by Gasteiger charge is 2.31. The molecule has 2 aliphatic heterocycles. The van der Waals surface area contributed by atoms with Gasteiger partial charge in [-0.25, -0.2) is 4.98 Å². The van der Waals surface area contributed by atoms with Crippen LogP contribution in [0.3, 0.4) is 0 Å². The van der Waals surface area contributed by atoms with Crippen molar-refractivity contribution in [3.05, 3.63) is 72.9 Å². The Morgan fingerprint density at radius 1 is 0.727 bits per heavy atom. The third-order valence-electron chi connectivity index (χ3n) is 7.20. The number of aromatic nitrogens is 2. The van der Waals surface area contributed by atoms with E-state index in [2.05, 4.69) is 79.9 Å². The van der Waals surface area contributed by atoms with Gasteiger partial charge in [0.15, 0.2) is 5.82 Å². The number of hydrogen-bond acceptors (Lipinski definition) is 4. The molecule has 0 unspecified atom stereocenters. The van der Waals surface area contributed by atoms with E-state index >= 15 is 0 Å². The van der Waals surface area contributed by atoms with Crippen LogP contribution in [0.2, 0.25) is 0 Å². The minimum atomic E-state index is 0.118. The van der Waals surface area contributed by atoms with Crippen molar-refractivity contribution in [3.8, 4) is 0 Å². The minimum absolute atomic E-state index is 0.118. The Bertz CT molecular complexity index is 1270. The highest BCUT2D eigenvalue weighted by atomic mass is 16.2. The maximum Gasteiger partial charge on any atom is 0.225 e. The second-order valence-corrected chi connectivity index (χ2v) is 9.10. The van der Waals surface area contributed by atoms with E-state index in [-0.39, 0.29) is 5.92 Å². The van der Waals surface area contributed by atoms with Crippen LogP contribution in [0.15, 0.2) is 72.9 Å². The number of anilines is 2. The topological polar surface area (TPSA) is 44.1 Å². The summed E-state index contributed by atoms with van der Waals surface area (Å²) in [5.41, 5.74) is 4.51. The highest BCUT2D eigenvalue weighted by molar-refractivity contribution is 5.85.